The van der Waals surface area contributed by atoms with E-state index in [9.17, 15) is 9.59 Å². The molecule has 0 spiro atoms. The molecule has 0 saturated carbocycles. The molecule has 0 unspecified atom stereocenters. The predicted octanol–water partition coefficient (Wildman–Crippen LogP) is 1.76. The average Bonchev–Trinajstić information content (AvgIpc) is 2.64. The Kier molecular flexibility index (Phi) is 6.88. The van der Waals surface area contributed by atoms with Crippen molar-refractivity contribution in [1.29, 1.82) is 0 Å². The summed E-state index contributed by atoms with van der Waals surface area (Å²) in [4.78, 5) is 33.7. The number of guanidine groups is 1. The van der Waals surface area contributed by atoms with Crippen LogP contribution < -0.4 is 5.73 Å². The normalized spacial score (nSPS) is 15.4. The Bertz CT molecular complexity index is 714. The van der Waals surface area contributed by atoms with Gasteiger partial charge < -0.3 is 25.2 Å². The SMILES string of the molecule is CN(C)C(=O)c1ccc(CN=C(N)N2CCN(C(=O)OC(C)(C)C)CC2)cc1. The maximum atomic E-state index is 12.1. The molecule has 2 N–H and O–H groups in total. The van der Waals surface area contributed by atoms with E-state index in [2.05, 4.69) is 4.99 Å². The van der Waals surface area contributed by atoms with Crippen LogP contribution in [0.3, 0.4) is 0 Å². The number of piperazine rings is 1. The number of carbonyl (C=O) groups excluding carboxylic acids is 2. The Morgan fingerprint density at radius 2 is 1.61 bits per heavy atom. The van der Waals surface area contributed by atoms with Crippen molar-refractivity contribution in [3.63, 3.8) is 0 Å². The monoisotopic (exact) mass is 389 g/mol. The van der Waals surface area contributed by atoms with Crippen molar-refractivity contribution in [3.8, 4) is 0 Å². The molecule has 2 rings (SSSR count). The van der Waals surface area contributed by atoms with E-state index in [1.807, 2.05) is 37.8 Å². The highest BCUT2D eigenvalue weighted by Crippen LogP contribution is 2.12. The van der Waals surface area contributed by atoms with Gasteiger partial charge in [-0.1, -0.05) is 12.1 Å². The van der Waals surface area contributed by atoms with Gasteiger partial charge in [-0.25, -0.2) is 9.79 Å². The average molecular weight is 390 g/mol. The van der Waals surface area contributed by atoms with Gasteiger partial charge in [-0.15, -0.1) is 0 Å². The molecule has 0 aromatic heterocycles. The fourth-order valence-electron chi connectivity index (χ4n) is 2.73. The van der Waals surface area contributed by atoms with E-state index >= 15 is 0 Å². The van der Waals surface area contributed by atoms with Crippen LogP contribution in [0, 0.1) is 0 Å². The molecule has 1 fully saturated rings. The number of benzene rings is 1. The molecule has 1 aliphatic rings. The number of aliphatic imine (C=N–C) groups is 1. The fraction of sp³-hybridized carbons (Fsp3) is 0.550. The third kappa shape index (κ3) is 6.14. The third-order valence-electron chi connectivity index (χ3n) is 4.29. The highest BCUT2D eigenvalue weighted by atomic mass is 16.6. The zero-order valence-corrected chi connectivity index (χ0v) is 17.4. The molecule has 1 heterocycles. The van der Waals surface area contributed by atoms with Crippen LogP contribution in [0.5, 0.6) is 0 Å². The van der Waals surface area contributed by atoms with Gasteiger partial charge in [0, 0.05) is 45.8 Å². The number of carbonyl (C=O) groups is 2. The van der Waals surface area contributed by atoms with E-state index in [0.717, 1.165) is 5.56 Å². The summed E-state index contributed by atoms with van der Waals surface area (Å²) < 4.78 is 5.40. The molecule has 28 heavy (non-hydrogen) atoms. The van der Waals surface area contributed by atoms with E-state index in [1.54, 1.807) is 36.0 Å². The van der Waals surface area contributed by atoms with Crippen LogP contribution in [-0.2, 0) is 11.3 Å². The van der Waals surface area contributed by atoms with E-state index in [4.69, 9.17) is 10.5 Å². The van der Waals surface area contributed by atoms with E-state index in [-0.39, 0.29) is 12.0 Å². The van der Waals surface area contributed by atoms with Crippen LogP contribution in [0.15, 0.2) is 29.3 Å². The van der Waals surface area contributed by atoms with Gasteiger partial charge in [0.2, 0.25) is 0 Å². The summed E-state index contributed by atoms with van der Waals surface area (Å²) in [5, 5.41) is 0. The minimum absolute atomic E-state index is 0.0302. The molecule has 0 bridgehead atoms. The second-order valence-corrected chi connectivity index (χ2v) is 8.03. The number of nitrogens with zero attached hydrogens (tertiary/aromatic N) is 4. The molecule has 1 aromatic rings. The van der Waals surface area contributed by atoms with Gasteiger partial charge in [0.25, 0.3) is 5.91 Å². The second kappa shape index (κ2) is 8.95. The lowest BCUT2D eigenvalue weighted by Crippen LogP contribution is -2.53. The molecule has 2 amide bonds. The quantitative estimate of drug-likeness (QED) is 0.628. The Morgan fingerprint density at radius 1 is 1.07 bits per heavy atom. The van der Waals surface area contributed by atoms with Crippen LogP contribution in [-0.4, -0.2) is 78.5 Å². The molecule has 8 heteroatoms. The smallest absolute Gasteiger partial charge is 0.410 e. The zero-order chi connectivity index (χ0) is 20.9. The zero-order valence-electron chi connectivity index (χ0n) is 17.4. The standard InChI is InChI=1S/C20H31N5O3/c1-20(2,3)28-19(27)25-12-10-24(11-13-25)18(21)22-14-15-6-8-16(9-7-15)17(26)23(4)5/h6-9H,10-14H2,1-5H3,(H2,21,22). The Morgan fingerprint density at radius 3 is 2.11 bits per heavy atom. The molecule has 8 nitrogen and oxygen atoms in total. The number of ether oxygens (including phenoxy) is 1. The van der Waals surface area contributed by atoms with Gasteiger partial charge in [-0.2, -0.15) is 0 Å². The number of rotatable bonds is 3. The maximum Gasteiger partial charge on any atom is 0.410 e. The lowest BCUT2D eigenvalue weighted by molar-refractivity contribution is 0.0186. The molecule has 1 saturated heterocycles. The van der Waals surface area contributed by atoms with Gasteiger partial charge in [-0.3, -0.25) is 4.79 Å². The van der Waals surface area contributed by atoms with Crippen LogP contribution >= 0.6 is 0 Å². The maximum absolute atomic E-state index is 12.1. The second-order valence-electron chi connectivity index (χ2n) is 8.03. The lowest BCUT2D eigenvalue weighted by atomic mass is 10.1. The summed E-state index contributed by atoms with van der Waals surface area (Å²) in [5.74, 6) is 0.426. The molecular weight excluding hydrogens is 358 g/mol. The van der Waals surface area contributed by atoms with Crippen molar-refractivity contribution >= 4 is 18.0 Å². The Balaban J connectivity index is 1.86. The van der Waals surface area contributed by atoms with Gasteiger partial charge in [-0.05, 0) is 38.5 Å². The number of nitrogens with two attached hydrogens (primary N) is 1. The van der Waals surface area contributed by atoms with E-state index in [1.165, 1.54) is 0 Å². The Labute approximate surface area is 166 Å². The number of hydrogen-bond donors (Lipinski definition) is 1. The first-order valence-corrected chi connectivity index (χ1v) is 9.40. The summed E-state index contributed by atoms with van der Waals surface area (Å²) >= 11 is 0. The summed E-state index contributed by atoms with van der Waals surface area (Å²) in [7, 11) is 3.45. The van der Waals surface area contributed by atoms with Crippen molar-refractivity contribution < 1.29 is 14.3 Å². The first kappa shape index (κ1) is 21.5. The fourth-order valence-corrected chi connectivity index (χ4v) is 2.73. The van der Waals surface area contributed by atoms with Crippen molar-refractivity contribution in [1.82, 2.24) is 14.7 Å². The van der Waals surface area contributed by atoms with E-state index in [0.29, 0.717) is 44.2 Å². The lowest BCUT2D eigenvalue weighted by Gasteiger charge is -2.36. The number of hydrogen-bond acceptors (Lipinski definition) is 4. The molecule has 1 aliphatic heterocycles. The van der Waals surface area contributed by atoms with Crippen LogP contribution in [0.1, 0.15) is 36.7 Å². The molecule has 0 aliphatic carbocycles. The van der Waals surface area contributed by atoms with Gasteiger partial charge in [0.05, 0.1) is 6.54 Å². The van der Waals surface area contributed by atoms with Crippen molar-refractivity contribution in [3.05, 3.63) is 35.4 Å². The molecule has 1 aromatic carbocycles. The van der Waals surface area contributed by atoms with Crippen LogP contribution in [0.25, 0.3) is 0 Å². The van der Waals surface area contributed by atoms with Crippen LogP contribution in [0.2, 0.25) is 0 Å². The van der Waals surface area contributed by atoms with Crippen LogP contribution in [0.4, 0.5) is 4.79 Å². The van der Waals surface area contributed by atoms with Crippen molar-refractivity contribution in [2.24, 2.45) is 10.7 Å². The summed E-state index contributed by atoms with van der Waals surface area (Å²) in [6.45, 7) is 8.33. The molecule has 0 atom stereocenters. The highest BCUT2D eigenvalue weighted by molar-refractivity contribution is 5.93. The third-order valence-corrected chi connectivity index (χ3v) is 4.29. The summed E-state index contributed by atoms with van der Waals surface area (Å²) in [6.07, 6.45) is -0.296. The van der Waals surface area contributed by atoms with Gasteiger partial charge in [0.1, 0.15) is 5.60 Å². The molecule has 0 radical (unpaired) electrons. The predicted molar refractivity (Wildman–Crippen MR) is 109 cm³/mol. The van der Waals surface area contributed by atoms with Gasteiger partial charge >= 0.3 is 6.09 Å². The first-order valence-electron chi connectivity index (χ1n) is 9.40. The summed E-state index contributed by atoms with van der Waals surface area (Å²) in [5.41, 5.74) is 7.24. The summed E-state index contributed by atoms with van der Waals surface area (Å²) in [6, 6.07) is 7.36. The minimum Gasteiger partial charge on any atom is -0.444 e. The van der Waals surface area contributed by atoms with Crippen molar-refractivity contribution in [2.45, 2.75) is 32.9 Å². The molecular formula is C20H31N5O3. The minimum atomic E-state index is -0.499. The largest absolute Gasteiger partial charge is 0.444 e. The Hall–Kier alpha value is -2.77. The number of amides is 2. The molecule has 154 valence electrons. The van der Waals surface area contributed by atoms with E-state index < -0.39 is 5.60 Å². The highest BCUT2D eigenvalue weighted by Gasteiger charge is 2.26. The van der Waals surface area contributed by atoms with Crippen molar-refractivity contribution in [2.75, 3.05) is 40.3 Å². The topological polar surface area (TPSA) is 91.5 Å². The van der Waals surface area contributed by atoms with Gasteiger partial charge in [0.15, 0.2) is 5.96 Å². The first-order chi connectivity index (χ1) is 13.1.